The number of rotatable bonds is 7. The average Bonchev–Trinajstić information content (AvgIpc) is 3.00. The van der Waals surface area contributed by atoms with E-state index in [9.17, 15) is 9.59 Å². The molecule has 1 fully saturated rings. The zero-order valence-electron chi connectivity index (χ0n) is 9.06. The predicted octanol–water partition coefficient (Wildman–Crippen LogP) is -0.934. The number of carbonyl (C=O) groups is 2. The van der Waals surface area contributed by atoms with Gasteiger partial charge in [-0.2, -0.15) is 0 Å². The van der Waals surface area contributed by atoms with Gasteiger partial charge in [-0.05, 0) is 18.8 Å². The summed E-state index contributed by atoms with van der Waals surface area (Å²) in [5.74, 6) is -0.990. The number of hydrogen-bond acceptors (Lipinski definition) is 4. The Morgan fingerprint density at radius 3 is 2.56 bits per heavy atom. The summed E-state index contributed by atoms with van der Waals surface area (Å²) in [5, 5.41) is 19.9. The Morgan fingerprint density at radius 2 is 2.06 bits per heavy atom. The van der Waals surface area contributed by atoms with Crippen LogP contribution in [-0.2, 0) is 9.59 Å². The van der Waals surface area contributed by atoms with Crippen LogP contribution in [0.1, 0.15) is 25.7 Å². The van der Waals surface area contributed by atoms with Gasteiger partial charge in [-0.1, -0.05) is 0 Å². The Morgan fingerprint density at radius 1 is 1.44 bits per heavy atom. The fraction of sp³-hybridized carbons (Fsp3) is 0.800. The third-order valence-electron chi connectivity index (χ3n) is 2.67. The molecule has 0 aliphatic heterocycles. The fourth-order valence-electron chi connectivity index (χ4n) is 1.45. The molecule has 2 atom stereocenters. The fourth-order valence-corrected chi connectivity index (χ4v) is 1.45. The molecule has 0 aromatic heterocycles. The largest absolute Gasteiger partial charge is 0.479 e. The predicted molar refractivity (Wildman–Crippen MR) is 56.6 cm³/mol. The molecule has 1 aliphatic carbocycles. The molecule has 0 radical (unpaired) electrons. The van der Waals surface area contributed by atoms with E-state index in [1.807, 2.05) is 0 Å². The van der Waals surface area contributed by atoms with Crippen LogP contribution in [0.3, 0.4) is 0 Å². The molecule has 0 aromatic rings. The molecular formula is C10H18N2O4. The molecule has 1 saturated carbocycles. The molecule has 5 N–H and O–H groups in total. The lowest BCUT2D eigenvalue weighted by atomic mass is 10.1. The minimum absolute atomic E-state index is 0.0136. The SMILES string of the molecule is NC(CC(=O)NCCC(O)C(=O)O)C1CC1. The maximum atomic E-state index is 11.3. The van der Waals surface area contributed by atoms with Crippen molar-refractivity contribution >= 4 is 11.9 Å². The molecule has 0 heterocycles. The van der Waals surface area contributed by atoms with Crippen molar-refractivity contribution in [2.45, 2.75) is 37.8 Å². The highest BCUT2D eigenvalue weighted by Gasteiger charge is 2.29. The molecule has 0 spiro atoms. The highest BCUT2D eigenvalue weighted by atomic mass is 16.4. The van der Waals surface area contributed by atoms with Gasteiger partial charge >= 0.3 is 5.97 Å². The van der Waals surface area contributed by atoms with E-state index in [1.165, 1.54) is 0 Å². The van der Waals surface area contributed by atoms with Gasteiger partial charge in [0.15, 0.2) is 6.10 Å². The van der Waals surface area contributed by atoms with Crippen molar-refractivity contribution in [3.05, 3.63) is 0 Å². The zero-order valence-corrected chi connectivity index (χ0v) is 9.06. The summed E-state index contributed by atoms with van der Waals surface area (Å²) in [6.45, 7) is 0.156. The smallest absolute Gasteiger partial charge is 0.332 e. The summed E-state index contributed by atoms with van der Waals surface area (Å²) in [6.07, 6.45) is 1.05. The Bertz CT molecular complexity index is 266. The number of hydrogen-bond donors (Lipinski definition) is 4. The third kappa shape index (κ3) is 4.59. The lowest BCUT2D eigenvalue weighted by molar-refractivity contribution is -0.147. The second-order valence-electron chi connectivity index (χ2n) is 4.20. The number of carbonyl (C=O) groups excluding carboxylic acids is 1. The maximum absolute atomic E-state index is 11.3. The zero-order chi connectivity index (χ0) is 12.1. The van der Waals surface area contributed by atoms with Gasteiger partial charge in [0, 0.05) is 25.4 Å². The second-order valence-corrected chi connectivity index (χ2v) is 4.20. The molecule has 2 unspecified atom stereocenters. The summed E-state index contributed by atoms with van der Waals surface area (Å²) >= 11 is 0. The summed E-state index contributed by atoms with van der Waals surface area (Å²) in [4.78, 5) is 21.6. The summed E-state index contributed by atoms with van der Waals surface area (Å²) in [7, 11) is 0. The molecule has 6 nitrogen and oxygen atoms in total. The quantitative estimate of drug-likeness (QED) is 0.451. The first-order valence-electron chi connectivity index (χ1n) is 5.44. The number of amides is 1. The van der Waals surface area contributed by atoms with Crippen LogP contribution in [0.2, 0.25) is 0 Å². The standard InChI is InChI=1S/C10H18N2O4/c11-7(6-1-2-6)5-9(14)12-4-3-8(13)10(15)16/h6-8,13H,1-5,11H2,(H,12,14)(H,15,16). The minimum atomic E-state index is -1.42. The van der Waals surface area contributed by atoms with Crippen LogP contribution in [0.4, 0.5) is 0 Å². The Kier molecular flexibility index (Phi) is 4.70. The molecule has 92 valence electrons. The third-order valence-corrected chi connectivity index (χ3v) is 2.67. The first-order valence-corrected chi connectivity index (χ1v) is 5.44. The van der Waals surface area contributed by atoms with Gasteiger partial charge in [0.25, 0.3) is 0 Å². The lowest BCUT2D eigenvalue weighted by Gasteiger charge is -2.11. The van der Waals surface area contributed by atoms with E-state index in [2.05, 4.69) is 5.32 Å². The van der Waals surface area contributed by atoms with E-state index in [1.54, 1.807) is 0 Å². The number of aliphatic carboxylic acids is 1. The highest BCUT2D eigenvalue weighted by molar-refractivity contribution is 5.76. The van der Waals surface area contributed by atoms with E-state index in [0.29, 0.717) is 5.92 Å². The normalized spacial score (nSPS) is 18.9. The van der Waals surface area contributed by atoms with Gasteiger partial charge in [0.2, 0.25) is 5.91 Å². The van der Waals surface area contributed by atoms with Gasteiger partial charge < -0.3 is 21.3 Å². The van der Waals surface area contributed by atoms with Gasteiger partial charge in [0.1, 0.15) is 0 Å². The molecular weight excluding hydrogens is 212 g/mol. The molecule has 1 amide bonds. The van der Waals surface area contributed by atoms with Crippen molar-refractivity contribution in [3.8, 4) is 0 Å². The number of nitrogens with two attached hydrogens (primary N) is 1. The van der Waals surface area contributed by atoms with E-state index >= 15 is 0 Å². The molecule has 1 rings (SSSR count). The molecule has 6 heteroatoms. The molecule has 16 heavy (non-hydrogen) atoms. The van der Waals surface area contributed by atoms with Gasteiger partial charge in [-0.3, -0.25) is 4.79 Å². The van der Waals surface area contributed by atoms with Crippen LogP contribution >= 0.6 is 0 Å². The van der Waals surface area contributed by atoms with Gasteiger partial charge in [0.05, 0.1) is 0 Å². The van der Waals surface area contributed by atoms with Crippen molar-refractivity contribution in [2.24, 2.45) is 11.7 Å². The minimum Gasteiger partial charge on any atom is -0.479 e. The van der Waals surface area contributed by atoms with Crippen molar-refractivity contribution in [3.63, 3.8) is 0 Å². The van der Waals surface area contributed by atoms with E-state index in [-0.39, 0.29) is 31.3 Å². The first kappa shape index (κ1) is 12.9. The van der Waals surface area contributed by atoms with Crippen LogP contribution in [-0.4, -0.2) is 40.8 Å². The number of aliphatic hydroxyl groups is 1. The van der Waals surface area contributed by atoms with E-state index < -0.39 is 12.1 Å². The summed E-state index contributed by atoms with van der Waals surface area (Å²) in [6, 6.07) is -0.0932. The number of nitrogens with one attached hydrogen (secondary N) is 1. The number of carboxylic acid groups (broad SMARTS) is 1. The second kappa shape index (κ2) is 5.81. The van der Waals surface area contributed by atoms with Crippen LogP contribution < -0.4 is 11.1 Å². The lowest BCUT2D eigenvalue weighted by Crippen LogP contribution is -2.35. The molecule has 0 aromatic carbocycles. The van der Waals surface area contributed by atoms with Crippen LogP contribution in [0.25, 0.3) is 0 Å². The Hall–Kier alpha value is -1.14. The van der Waals surface area contributed by atoms with E-state index in [4.69, 9.17) is 15.9 Å². The van der Waals surface area contributed by atoms with Crippen molar-refractivity contribution in [1.82, 2.24) is 5.32 Å². The molecule has 1 aliphatic rings. The Balaban J connectivity index is 2.07. The highest BCUT2D eigenvalue weighted by Crippen LogP contribution is 2.32. The monoisotopic (exact) mass is 230 g/mol. The number of aliphatic hydroxyl groups excluding tert-OH is 1. The van der Waals surface area contributed by atoms with Crippen molar-refractivity contribution in [1.29, 1.82) is 0 Å². The van der Waals surface area contributed by atoms with Crippen molar-refractivity contribution in [2.75, 3.05) is 6.54 Å². The average molecular weight is 230 g/mol. The van der Waals surface area contributed by atoms with Gasteiger partial charge in [-0.25, -0.2) is 4.79 Å². The summed E-state index contributed by atoms with van der Waals surface area (Å²) < 4.78 is 0. The first-order chi connectivity index (χ1) is 7.50. The van der Waals surface area contributed by atoms with E-state index in [0.717, 1.165) is 12.8 Å². The van der Waals surface area contributed by atoms with Crippen LogP contribution in [0.15, 0.2) is 0 Å². The topological polar surface area (TPSA) is 113 Å². The molecule has 0 bridgehead atoms. The number of carboxylic acids is 1. The van der Waals surface area contributed by atoms with Gasteiger partial charge in [-0.15, -0.1) is 0 Å². The Labute approximate surface area is 93.8 Å². The maximum Gasteiger partial charge on any atom is 0.332 e. The van der Waals surface area contributed by atoms with Crippen molar-refractivity contribution < 1.29 is 19.8 Å². The van der Waals surface area contributed by atoms with Crippen LogP contribution in [0, 0.1) is 5.92 Å². The molecule has 0 saturated heterocycles. The van der Waals surface area contributed by atoms with Crippen LogP contribution in [0.5, 0.6) is 0 Å². The summed E-state index contributed by atoms with van der Waals surface area (Å²) in [5.41, 5.74) is 5.76.